The van der Waals surface area contributed by atoms with E-state index in [0.29, 0.717) is 6.61 Å². The molecular weight excluding hydrogens is 228 g/mol. The summed E-state index contributed by atoms with van der Waals surface area (Å²) in [7, 11) is -2.06. The van der Waals surface area contributed by atoms with E-state index in [-0.39, 0.29) is 0 Å². The summed E-state index contributed by atoms with van der Waals surface area (Å²) in [6.07, 6.45) is 2.91. The van der Waals surface area contributed by atoms with Gasteiger partial charge in [-0.1, -0.05) is 38.1 Å². The molecule has 0 saturated carbocycles. The second kappa shape index (κ2) is 6.62. The lowest BCUT2D eigenvalue weighted by Gasteiger charge is -2.27. The molecule has 0 aliphatic rings. The van der Waals surface area contributed by atoms with Crippen LogP contribution in [0.4, 0.5) is 0 Å². The summed E-state index contributed by atoms with van der Waals surface area (Å²) in [4.78, 5) is 0. The lowest BCUT2D eigenvalue weighted by molar-refractivity contribution is 0.256. The van der Waals surface area contributed by atoms with E-state index >= 15 is 0 Å². The topological polar surface area (TPSA) is 18.5 Å². The molecule has 0 radical (unpaired) electrons. The van der Waals surface area contributed by atoms with Crippen LogP contribution in [0.2, 0.25) is 12.6 Å². The predicted molar refractivity (Wildman–Crippen MR) is 75.5 cm³/mol. The van der Waals surface area contributed by atoms with Gasteiger partial charge < -0.3 is 8.85 Å². The van der Waals surface area contributed by atoms with Gasteiger partial charge in [-0.15, -0.1) is 0 Å². The number of rotatable bonds is 7. The van der Waals surface area contributed by atoms with Crippen LogP contribution in [0.1, 0.15) is 25.8 Å². The minimum atomic E-state index is -2.06. The highest BCUT2D eigenvalue weighted by atomic mass is 28.4. The molecule has 1 rings (SSSR count). The van der Waals surface area contributed by atoms with Crippen LogP contribution >= 0.6 is 0 Å². The first-order valence-corrected chi connectivity index (χ1v) is 8.71. The van der Waals surface area contributed by atoms with Crippen LogP contribution in [0.3, 0.4) is 0 Å². The van der Waals surface area contributed by atoms with Gasteiger partial charge in [0, 0.05) is 12.7 Å². The van der Waals surface area contributed by atoms with Crippen molar-refractivity contribution in [3.8, 4) is 5.75 Å². The molecule has 1 atom stereocenters. The van der Waals surface area contributed by atoms with Crippen molar-refractivity contribution in [3.05, 3.63) is 36.4 Å². The summed E-state index contributed by atoms with van der Waals surface area (Å²) < 4.78 is 11.9. The number of hydrogen-bond donors (Lipinski definition) is 0. The third kappa shape index (κ3) is 4.36. The molecule has 0 N–H and O–H groups in total. The average molecular weight is 250 g/mol. The molecule has 0 aliphatic carbocycles. The molecule has 94 valence electrons. The van der Waals surface area contributed by atoms with E-state index in [2.05, 4.69) is 20.0 Å². The minimum Gasteiger partial charge on any atom is -0.520 e. The first kappa shape index (κ1) is 14.0. The van der Waals surface area contributed by atoms with Gasteiger partial charge in [-0.05, 0) is 31.2 Å². The minimum absolute atomic E-state index is 0.712. The molecule has 0 heterocycles. The molecule has 3 heteroatoms. The molecule has 0 bridgehead atoms. The SMILES string of the molecule is C=Cc1cccc(O[Si](C)(CCC)OCC)c1. The predicted octanol–water partition coefficient (Wildman–Crippen LogP) is 4.23. The second-order valence-electron chi connectivity index (χ2n) is 4.20. The maximum Gasteiger partial charge on any atom is 0.395 e. The first-order valence-electron chi connectivity index (χ1n) is 6.19. The zero-order chi connectivity index (χ0) is 12.7. The lowest BCUT2D eigenvalue weighted by Crippen LogP contribution is -2.41. The summed E-state index contributed by atoms with van der Waals surface area (Å²) in [5, 5.41) is 0. The van der Waals surface area contributed by atoms with Crippen molar-refractivity contribution in [1.29, 1.82) is 0 Å². The summed E-state index contributed by atoms with van der Waals surface area (Å²) >= 11 is 0. The number of hydrogen-bond acceptors (Lipinski definition) is 2. The quantitative estimate of drug-likeness (QED) is 0.674. The van der Waals surface area contributed by atoms with Gasteiger partial charge in [-0.2, -0.15) is 0 Å². The Kier molecular flexibility index (Phi) is 5.45. The molecule has 1 unspecified atom stereocenters. The molecule has 0 aromatic heterocycles. The van der Waals surface area contributed by atoms with Crippen molar-refractivity contribution in [1.82, 2.24) is 0 Å². The Morgan fingerprint density at radius 1 is 1.35 bits per heavy atom. The summed E-state index contributed by atoms with van der Waals surface area (Å²) in [5.41, 5.74) is 1.08. The van der Waals surface area contributed by atoms with Crippen molar-refractivity contribution in [2.45, 2.75) is 32.9 Å². The van der Waals surface area contributed by atoms with Gasteiger partial charge in [-0.3, -0.25) is 0 Å². The van der Waals surface area contributed by atoms with Gasteiger partial charge in [0.25, 0.3) is 0 Å². The van der Waals surface area contributed by atoms with Crippen LogP contribution < -0.4 is 4.43 Å². The monoisotopic (exact) mass is 250 g/mol. The Morgan fingerprint density at radius 2 is 2.12 bits per heavy atom. The van der Waals surface area contributed by atoms with Crippen molar-refractivity contribution in [2.75, 3.05) is 6.61 Å². The van der Waals surface area contributed by atoms with Gasteiger partial charge in [-0.25, -0.2) is 0 Å². The first-order chi connectivity index (χ1) is 8.13. The lowest BCUT2D eigenvalue weighted by atomic mass is 10.2. The Hall–Kier alpha value is -1.06. The van der Waals surface area contributed by atoms with E-state index in [1.54, 1.807) is 0 Å². The fourth-order valence-corrected chi connectivity index (χ4v) is 4.32. The maximum atomic E-state index is 6.09. The zero-order valence-electron chi connectivity index (χ0n) is 11.0. The third-order valence-corrected chi connectivity index (χ3v) is 5.56. The van der Waals surface area contributed by atoms with Crippen LogP contribution in [0.15, 0.2) is 30.8 Å². The summed E-state index contributed by atoms with van der Waals surface area (Å²) in [6.45, 7) is 10.8. The molecule has 17 heavy (non-hydrogen) atoms. The molecule has 1 aromatic carbocycles. The Balaban J connectivity index is 2.81. The van der Waals surface area contributed by atoms with Gasteiger partial charge in [0.1, 0.15) is 5.75 Å². The van der Waals surface area contributed by atoms with Crippen LogP contribution in [-0.2, 0) is 4.43 Å². The fraction of sp³-hybridized carbons (Fsp3) is 0.429. The highest BCUT2D eigenvalue weighted by Gasteiger charge is 2.32. The smallest absolute Gasteiger partial charge is 0.395 e. The van der Waals surface area contributed by atoms with E-state index < -0.39 is 8.56 Å². The van der Waals surface area contributed by atoms with Crippen LogP contribution in [0.25, 0.3) is 6.08 Å². The third-order valence-electron chi connectivity index (χ3n) is 2.58. The van der Waals surface area contributed by atoms with E-state index in [1.807, 2.05) is 37.3 Å². The Morgan fingerprint density at radius 3 is 2.71 bits per heavy atom. The highest BCUT2D eigenvalue weighted by molar-refractivity contribution is 6.66. The van der Waals surface area contributed by atoms with Crippen molar-refractivity contribution >= 4 is 14.6 Å². The van der Waals surface area contributed by atoms with Crippen LogP contribution in [-0.4, -0.2) is 15.2 Å². The molecule has 2 nitrogen and oxygen atoms in total. The molecule has 0 spiro atoms. The van der Waals surface area contributed by atoms with E-state index in [9.17, 15) is 0 Å². The molecule has 1 aromatic rings. The van der Waals surface area contributed by atoms with Crippen molar-refractivity contribution < 1.29 is 8.85 Å². The average Bonchev–Trinajstić information content (AvgIpc) is 2.29. The number of benzene rings is 1. The normalized spacial score (nSPS) is 14.1. The highest BCUT2D eigenvalue weighted by Crippen LogP contribution is 2.22. The van der Waals surface area contributed by atoms with Gasteiger partial charge >= 0.3 is 8.56 Å². The summed E-state index contributed by atoms with van der Waals surface area (Å²) in [6, 6.07) is 9.00. The van der Waals surface area contributed by atoms with E-state index in [4.69, 9.17) is 8.85 Å². The molecule has 0 amide bonds. The van der Waals surface area contributed by atoms with Crippen molar-refractivity contribution in [3.63, 3.8) is 0 Å². The van der Waals surface area contributed by atoms with E-state index in [0.717, 1.165) is 23.8 Å². The van der Waals surface area contributed by atoms with Crippen molar-refractivity contribution in [2.24, 2.45) is 0 Å². The fourth-order valence-electron chi connectivity index (χ4n) is 1.87. The summed E-state index contributed by atoms with van der Waals surface area (Å²) in [5.74, 6) is 0.887. The van der Waals surface area contributed by atoms with Crippen LogP contribution in [0, 0.1) is 0 Å². The Labute approximate surface area is 106 Å². The molecule has 0 aliphatic heterocycles. The second-order valence-corrected chi connectivity index (χ2v) is 7.46. The molecule has 0 fully saturated rings. The van der Waals surface area contributed by atoms with Crippen LogP contribution in [0.5, 0.6) is 5.75 Å². The molecule has 0 saturated heterocycles. The molecular formula is C14H22O2Si. The van der Waals surface area contributed by atoms with E-state index in [1.165, 1.54) is 0 Å². The van der Waals surface area contributed by atoms with Gasteiger partial charge in [0.2, 0.25) is 0 Å². The standard InChI is InChI=1S/C14H22O2Si/c1-5-11-17(4,15-7-3)16-14-10-8-9-13(6-2)12-14/h6,8-10,12H,2,5,7,11H2,1,3-4H3. The van der Waals surface area contributed by atoms with Gasteiger partial charge in [0.15, 0.2) is 0 Å². The zero-order valence-corrected chi connectivity index (χ0v) is 12.0. The Bertz CT molecular complexity index is 357. The van der Waals surface area contributed by atoms with Gasteiger partial charge in [0.05, 0.1) is 0 Å². The maximum absolute atomic E-state index is 6.09. The largest absolute Gasteiger partial charge is 0.520 e.